The summed E-state index contributed by atoms with van der Waals surface area (Å²) in [5, 5.41) is 0. The van der Waals surface area contributed by atoms with Crippen molar-refractivity contribution in [1.82, 2.24) is 9.71 Å². The third-order valence-electron chi connectivity index (χ3n) is 4.15. The van der Waals surface area contributed by atoms with Gasteiger partial charge in [-0.1, -0.05) is 6.42 Å². The first-order valence-electron chi connectivity index (χ1n) is 6.28. The zero-order valence-electron chi connectivity index (χ0n) is 10.0. The third kappa shape index (κ3) is 1.99. The summed E-state index contributed by atoms with van der Waals surface area (Å²) in [6.45, 7) is 0. The maximum atomic E-state index is 12.3. The van der Waals surface area contributed by atoms with Gasteiger partial charge in [0.25, 0.3) is 0 Å². The maximum Gasteiger partial charge on any atom is 0.244 e. The molecule has 0 aromatic carbocycles. The normalized spacial score (nSPS) is 30.8. The first-order chi connectivity index (χ1) is 8.56. The smallest absolute Gasteiger partial charge is 0.244 e. The van der Waals surface area contributed by atoms with Crippen molar-refractivity contribution in [3.63, 3.8) is 0 Å². The van der Waals surface area contributed by atoms with E-state index in [0.29, 0.717) is 11.8 Å². The first-order valence-corrected chi connectivity index (χ1v) is 7.76. The minimum absolute atomic E-state index is 0.0772. The third-order valence-corrected chi connectivity index (χ3v) is 5.68. The van der Waals surface area contributed by atoms with Crippen LogP contribution in [0.25, 0.3) is 0 Å². The maximum absolute atomic E-state index is 12.3. The highest BCUT2D eigenvalue weighted by atomic mass is 32.2. The van der Waals surface area contributed by atoms with Crippen LogP contribution in [0.15, 0.2) is 23.4 Å². The average Bonchev–Trinajstić information content (AvgIpc) is 2.90. The molecule has 3 rings (SSSR count). The van der Waals surface area contributed by atoms with Gasteiger partial charge in [-0.2, -0.15) is 0 Å². The van der Waals surface area contributed by atoms with Crippen molar-refractivity contribution >= 4 is 15.7 Å². The summed E-state index contributed by atoms with van der Waals surface area (Å²) >= 11 is 0. The summed E-state index contributed by atoms with van der Waals surface area (Å²) in [5.74, 6) is 1.21. The SMILES string of the molecule is Nc1ccncc1S(=O)(=O)NC1CC2CCC1C2. The van der Waals surface area contributed by atoms with E-state index in [-0.39, 0.29) is 16.6 Å². The van der Waals surface area contributed by atoms with Crippen LogP contribution in [0.2, 0.25) is 0 Å². The summed E-state index contributed by atoms with van der Waals surface area (Å²) in [7, 11) is -3.53. The lowest BCUT2D eigenvalue weighted by Crippen LogP contribution is -2.38. The number of nitrogens with two attached hydrogens (primary N) is 1. The molecule has 3 atom stereocenters. The standard InChI is InChI=1S/C12H17N3O2S/c13-10-3-4-14-7-12(10)18(16,17)15-11-6-8-1-2-9(11)5-8/h3-4,7-9,11,15H,1-2,5-6H2,(H2,13,14). The minimum atomic E-state index is -3.53. The summed E-state index contributed by atoms with van der Waals surface area (Å²) in [6, 6.07) is 1.59. The fraction of sp³-hybridized carbons (Fsp3) is 0.583. The highest BCUT2D eigenvalue weighted by molar-refractivity contribution is 7.89. The number of hydrogen-bond donors (Lipinski definition) is 2. The second-order valence-corrected chi connectivity index (χ2v) is 7.00. The van der Waals surface area contributed by atoms with Gasteiger partial charge in [0.05, 0.1) is 5.69 Å². The lowest BCUT2D eigenvalue weighted by molar-refractivity contribution is 0.390. The number of nitrogens with zero attached hydrogens (tertiary/aromatic N) is 1. The molecule has 0 radical (unpaired) electrons. The number of sulfonamides is 1. The molecule has 2 aliphatic carbocycles. The number of fused-ring (bicyclic) bond motifs is 2. The van der Waals surface area contributed by atoms with E-state index in [0.717, 1.165) is 19.3 Å². The fourth-order valence-electron chi connectivity index (χ4n) is 3.27. The Morgan fingerprint density at radius 1 is 1.33 bits per heavy atom. The molecule has 98 valence electrons. The van der Waals surface area contributed by atoms with Crippen LogP contribution in [0.1, 0.15) is 25.7 Å². The van der Waals surface area contributed by atoms with E-state index in [9.17, 15) is 8.42 Å². The van der Waals surface area contributed by atoms with Crippen LogP contribution in [0, 0.1) is 11.8 Å². The predicted octanol–water partition coefficient (Wildman–Crippen LogP) is 1.13. The van der Waals surface area contributed by atoms with Crippen LogP contribution in [-0.2, 0) is 10.0 Å². The summed E-state index contributed by atoms with van der Waals surface area (Å²) in [4.78, 5) is 3.93. The molecule has 1 aromatic rings. The van der Waals surface area contributed by atoms with E-state index in [2.05, 4.69) is 9.71 Å². The lowest BCUT2D eigenvalue weighted by atomic mass is 9.96. The highest BCUT2D eigenvalue weighted by Crippen LogP contribution is 2.44. The molecule has 18 heavy (non-hydrogen) atoms. The van der Waals surface area contributed by atoms with Gasteiger partial charge in [-0.15, -0.1) is 0 Å². The van der Waals surface area contributed by atoms with Crippen molar-refractivity contribution < 1.29 is 8.42 Å². The molecule has 5 nitrogen and oxygen atoms in total. The molecule has 6 heteroatoms. The summed E-state index contributed by atoms with van der Waals surface area (Å²) in [5.41, 5.74) is 5.95. The van der Waals surface area contributed by atoms with Gasteiger partial charge in [0.2, 0.25) is 10.0 Å². The Morgan fingerprint density at radius 3 is 2.78 bits per heavy atom. The van der Waals surface area contributed by atoms with Gasteiger partial charge in [-0.05, 0) is 37.2 Å². The highest BCUT2D eigenvalue weighted by Gasteiger charge is 2.41. The van der Waals surface area contributed by atoms with Crippen LogP contribution in [0.5, 0.6) is 0 Å². The van der Waals surface area contributed by atoms with Crippen LogP contribution in [-0.4, -0.2) is 19.4 Å². The Bertz CT molecular complexity index is 558. The van der Waals surface area contributed by atoms with E-state index in [1.165, 1.54) is 24.9 Å². The number of hydrogen-bond acceptors (Lipinski definition) is 4. The second kappa shape index (κ2) is 4.20. The minimum Gasteiger partial charge on any atom is -0.398 e. The van der Waals surface area contributed by atoms with E-state index in [1.54, 1.807) is 0 Å². The molecule has 2 fully saturated rings. The molecule has 0 aliphatic heterocycles. The van der Waals surface area contributed by atoms with Crippen LogP contribution < -0.4 is 10.5 Å². The quantitative estimate of drug-likeness (QED) is 0.859. The van der Waals surface area contributed by atoms with Gasteiger partial charge in [0, 0.05) is 18.4 Å². The van der Waals surface area contributed by atoms with E-state index >= 15 is 0 Å². The Labute approximate surface area is 107 Å². The topological polar surface area (TPSA) is 85.1 Å². The molecule has 3 unspecified atom stereocenters. The second-order valence-electron chi connectivity index (χ2n) is 5.32. The molecule has 2 saturated carbocycles. The van der Waals surface area contributed by atoms with Crippen molar-refractivity contribution in [2.75, 3.05) is 5.73 Å². The monoisotopic (exact) mass is 267 g/mol. The predicted molar refractivity (Wildman–Crippen MR) is 68.2 cm³/mol. The van der Waals surface area contributed by atoms with Crippen molar-refractivity contribution in [3.8, 4) is 0 Å². The molecule has 0 spiro atoms. The molecule has 0 amide bonds. The Hall–Kier alpha value is -1.14. The zero-order chi connectivity index (χ0) is 12.8. The Balaban J connectivity index is 1.82. The van der Waals surface area contributed by atoms with Gasteiger partial charge in [0.15, 0.2) is 0 Å². The number of aromatic nitrogens is 1. The van der Waals surface area contributed by atoms with Crippen LogP contribution >= 0.6 is 0 Å². The van der Waals surface area contributed by atoms with Crippen molar-refractivity contribution in [1.29, 1.82) is 0 Å². The van der Waals surface area contributed by atoms with E-state index in [1.807, 2.05) is 0 Å². The lowest BCUT2D eigenvalue weighted by Gasteiger charge is -2.22. The number of anilines is 1. The van der Waals surface area contributed by atoms with Crippen molar-refractivity contribution in [3.05, 3.63) is 18.5 Å². The Morgan fingerprint density at radius 2 is 2.17 bits per heavy atom. The Kier molecular flexibility index (Phi) is 2.79. The molecular weight excluding hydrogens is 250 g/mol. The molecule has 0 saturated heterocycles. The summed E-state index contributed by atoms with van der Waals surface area (Å²) < 4.78 is 27.3. The van der Waals surface area contributed by atoms with Gasteiger partial charge >= 0.3 is 0 Å². The van der Waals surface area contributed by atoms with E-state index in [4.69, 9.17) is 5.73 Å². The molecule has 2 aliphatic rings. The van der Waals surface area contributed by atoms with Gasteiger partial charge in [-0.3, -0.25) is 4.98 Å². The average molecular weight is 267 g/mol. The van der Waals surface area contributed by atoms with E-state index < -0.39 is 10.0 Å². The number of nitrogen functional groups attached to an aromatic ring is 1. The van der Waals surface area contributed by atoms with Gasteiger partial charge in [-0.25, -0.2) is 13.1 Å². The molecule has 3 N–H and O–H groups in total. The van der Waals surface area contributed by atoms with Crippen molar-refractivity contribution in [2.45, 2.75) is 36.6 Å². The van der Waals surface area contributed by atoms with Gasteiger partial charge in [0.1, 0.15) is 4.90 Å². The molecule has 2 bridgehead atoms. The molecule has 1 heterocycles. The largest absolute Gasteiger partial charge is 0.398 e. The van der Waals surface area contributed by atoms with Crippen LogP contribution in [0.4, 0.5) is 5.69 Å². The van der Waals surface area contributed by atoms with Crippen molar-refractivity contribution in [2.24, 2.45) is 11.8 Å². The number of pyridine rings is 1. The first kappa shape index (κ1) is 11.9. The number of rotatable bonds is 3. The molecular formula is C12H17N3O2S. The zero-order valence-corrected chi connectivity index (χ0v) is 10.9. The molecule has 1 aromatic heterocycles. The summed E-state index contributed by atoms with van der Waals surface area (Å²) in [6.07, 6.45) is 7.31. The fourth-order valence-corrected chi connectivity index (χ4v) is 4.66. The van der Waals surface area contributed by atoms with Gasteiger partial charge < -0.3 is 5.73 Å². The number of nitrogens with one attached hydrogen (secondary N) is 1. The van der Waals surface area contributed by atoms with Crippen LogP contribution in [0.3, 0.4) is 0 Å².